The minimum absolute atomic E-state index is 0.0246. The van der Waals surface area contributed by atoms with Gasteiger partial charge in [0.05, 0.1) is 5.41 Å². The molecule has 2 aliphatic rings. The van der Waals surface area contributed by atoms with Gasteiger partial charge in [0.25, 0.3) is 0 Å². The minimum atomic E-state index is -0.625. The molecular weight excluding hydrogens is 384 g/mol. The molecule has 2 aromatic carbocycles. The highest BCUT2D eigenvalue weighted by Gasteiger charge is 2.47. The van der Waals surface area contributed by atoms with Crippen molar-refractivity contribution in [1.29, 1.82) is 0 Å². The average Bonchev–Trinajstić information content (AvgIpc) is 3.54. The molecule has 4 nitrogen and oxygen atoms in total. The fourth-order valence-corrected chi connectivity index (χ4v) is 4.92. The number of benzene rings is 2. The molecule has 1 heterocycles. The van der Waals surface area contributed by atoms with E-state index in [0.717, 1.165) is 42.5 Å². The maximum Gasteiger partial charge on any atom is 0.228 e. The molecule has 31 heavy (non-hydrogen) atoms. The molecule has 4 heteroatoms. The van der Waals surface area contributed by atoms with Crippen LogP contribution in [0.5, 0.6) is 0 Å². The Hall–Kier alpha value is -2.88. The average molecular weight is 417 g/mol. The maximum absolute atomic E-state index is 13.5. The lowest BCUT2D eigenvalue weighted by Gasteiger charge is -2.42. The number of carbonyl (C=O) groups excluding carboxylic acids is 2. The van der Waals surface area contributed by atoms with Gasteiger partial charge in [-0.3, -0.25) is 9.59 Å². The summed E-state index contributed by atoms with van der Waals surface area (Å²) in [5.74, 6) is 0.863. The van der Waals surface area contributed by atoms with Crippen LogP contribution < -0.4 is 5.32 Å². The molecule has 0 radical (unpaired) electrons. The molecule has 4 rings (SSSR count). The number of hydrogen-bond donors (Lipinski definition) is 1. The van der Waals surface area contributed by atoms with E-state index in [9.17, 15) is 9.59 Å². The van der Waals surface area contributed by atoms with Gasteiger partial charge in [-0.15, -0.1) is 6.58 Å². The lowest BCUT2D eigenvalue weighted by Crippen LogP contribution is -2.55. The van der Waals surface area contributed by atoms with Crippen LogP contribution in [-0.2, 0) is 16.0 Å². The number of nitrogens with zero attached hydrogens (tertiary/aromatic N) is 1. The van der Waals surface area contributed by atoms with Crippen LogP contribution in [0.4, 0.5) is 0 Å². The second kappa shape index (κ2) is 9.09. The molecular formula is C27H32N2O2. The summed E-state index contributed by atoms with van der Waals surface area (Å²) in [5.41, 5.74) is 2.82. The quantitative estimate of drug-likeness (QED) is 0.678. The normalized spacial score (nSPS) is 25.0. The molecule has 0 aromatic heterocycles. The van der Waals surface area contributed by atoms with Crippen LogP contribution in [0.25, 0.3) is 11.1 Å². The van der Waals surface area contributed by atoms with Gasteiger partial charge in [-0.25, -0.2) is 0 Å². The van der Waals surface area contributed by atoms with Crippen LogP contribution in [0.1, 0.15) is 31.7 Å². The first kappa shape index (κ1) is 21.4. The number of amides is 2. The highest BCUT2D eigenvalue weighted by molar-refractivity contribution is 5.86. The number of carbonyl (C=O) groups is 2. The fraction of sp³-hybridized carbons (Fsp3) is 0.407. The van der Waals surface area contributed by atoms with E-state index in [4.69, 9.17) is 0 Å². The zero-order valence-electron chi connectivity index (χ0n) is 18.3. The first-order valence-electron chi connectivity index (χ1n) is 11.4. The van der Waals surface area contributed by atoms with E-state index in [1.165, 1.54) is 0 Å². The Morgan fingerprint density at radius 3 is 2.58 bits per heavy atom. The highest BCUT2D eigenvalue weighted by Crippen LogP contribution is 2.42. The van der Waals surface area contributed by atoms with E-state index < -0.39 is 5.41 Å². The van der Waals surface area contributed by atoms with Crippen LogP contribution >= 0.6 is 0 Å². The third kappa shape index (κ3) is 4.58. The lowest BCUT2D eigenvalue weighted by molar-refractivity contribution is -0.142. The molecule has 0 bridgehead atoms. The molecule has 0 spiro atoms. The highest BCUT2D eigenvalue weighted by atomic mass is 16.2. The minimum Gasteiger partial charge on any atom is -0.352 e. The Balaban J connectivity index is 1.66. The first-order valence-corrected chi connectivity index (χ1v) is 11.4. The zero-order chi connectivity index (χ0) is 21.8. The molecule has 3 unspecified atom stereocenters. The van der Waals surface area contributed by atoms with Crippen molar-refractivity contribution in [3.8, 4) is 11.1 Å². The summed E-state index contributed by atoms with van der Waals surface area (Å²) in [6.07, 6.45) is 4.93. The Bertz CT molecular complexity index is 955. The summed E-state index contributed by atoms with van der Waals surface area (Å²) < 4.78 is 0. The molecule has 3 atom stereocenters. The zero-order valence-corrected chi connectivity index (χ0v) is 18.3. The molecule has 2 aromatic rings. The summed E-state index contributed by atoms with van der Waals surface area (Å²) in [5, 5.41) is 3.04. The molecule has 2 fully saturated rings. The van der Waals surface area contributed by atoms with Crippen LogP contribution in [0.3, 0.4) is 0 Å². The van der Waals surface area contributed by atoms with Crippen LogP contribution in [-0.4, -0.2) is 36.3 Å². The Morgan fingerprint density at radius 2 is 1.87 bits per heavy atom. The fourth-order valence-electron chi connectivity index (χ4n) is 4.92. The van der Waals surface area contributed by atoms with E-state index in [0.29, 0.717) is 25.4 Å². The predicted molar refractivity (Wildman–Crippen MR) is 124 cm³/mol. The number of rotatable bonds is 7. The largest absolute Gasteiger partial charge is 0.352 e. The molecule has 1 N–H and O–H groups in total. The summed E-state index contributed by atoms with van der Waals surface area (Å²) in [6, 6.07) is 18.6. The number of likely N-dealkylation sites (tertiary alicyclic amines) is 1. The van der Waals surface area contributed by atoms with Gasteiger partial charge < -0.3 is 10.2 Å². The van der Waals surface area contributed by atoms with E-state index in [2.05, 4.69) is 43.1 Å². The Kier molecular flexibility index (Phi) is 6.26. The topological polar surface area (TPSA) is 49.4 Å². The number of hydrogen-bond acceptors (Lipinski definition) is 2. The Morgan fingerprint density at radius 1 is 1.16 bits per heavy atom. The van der Waals surface area contributed by atoms with E-state index in [-0.39, 0.29) is 17.7 Å². The predicted octanol–water partition coefficient (Wildman–Crippen LogP) is 4.46. The number of nitrogens with one attached hydrogen (secondary N) is 1. The molecule has 1 saturated heterocycles. The van der Waals surface area contributed by atoms with Gasteiger partial charge in [-0.2, -0.15) is 0 Å². The van der Waals surface area contributed by atoms with Gasteiger partial charge in [-0.05, 0) is 48.3 Å². The third-order valence-electron chi connectivity index (χ3n) is 6.83. The van der Waals surface area contributed by atoms with Crippen LogP contribution in [0, 0.1) is 17.3 Å². The monoisotopic (exact) mass is 416 g/mol. The standard InChI is InChI=1S/C27H32N2O2/c1-3-15-28-26(31)27(14-9-16-29(19-27)25(30)24-17-20(24)2)18-22-12-7-8-13-23(22)21-10-5-4-6-11-21/h3-8,10-13,20,24H,1,9,14-19H2,2H3,(H,28,31). The van der Waals surface area contributed by atoms with Gasteiger partial charge >= 0.3 is 0 Å². The Labute approximate surface area is 185 Å². The van der Waals surface area contributed by atoms with Crippen LogP contribution in [0.15, 0.2) is 67.3 Å². The smallest absolute Gasteiger partial charge is 0.228 e. The van der Waals surface area contributed by atoms with Crippen molar-refractivity contribution in [2.45, 2.75) is 32.6 Å². The number of piperidine rings is 1. The van der Waals surface area contributed by atoms with Gasteiger partial charge in [0.2, 0.25) is 11.8 Å². The van der Waals surface area contributed by atoms with Gasteiger partial charge in [0.15, 0.2) is 0 Å². The van der Waals surface area contributed by atoms with E-state index in [1.807, 2.05) is 35.2 Å². The molecule has 1 aliphatic carbocycles. The SMILES string of the molecule is C=CCNC(=O)C1(Cc2ccccc2-c2ccccc2)CCCN(C(=O)C2CC2C)C1. The van der Waals surface area contributed by atoms with Gasteiger partial charge in [-0.1, -0.05) is 67.6 Å². The van der Waals surface area contributed by atoms with E-state index in [1.54, 1.807) is 6.08 Å². The maximum atomic E-state index is 13.5. The van der Waals surface area contributed by atoms with Crippen molar-refractivity contribution in [1.82, 2.24) is 10.2 Å². The van der Waals surface area contributed by atoms with Crippen molar-refractivity contribution in [2.24, 2.45) is 17.3 Å². The van der Waals surface area contributed by atoms with E-state index >= 15 is 0 Å². The van der Waals surface area contributed by atoms with Gasteiger partial charge in [0.1, 0.15) is 0 Å². The van der Waals surface area contributed by atoms with Crippen molar-refractivity contribution in [3.05, 3.63) is 72.8 Å². The van der Waals surface area contributed by atoms with Crippen molar-refractivity contribution in [2.75, 3.05) is 19.6 Å². The second-order valence-corrected chi connectivity index (χ2v) is 9.16. The van der Waals surface area contributed by atoms with Crippen molar-refractivity contribution in [3.63, 3.8) is 0 Å². The summed E-state index contributed by atoms with van der Waals surface area (Å²) in [6.45, 7) is 7.55. The summed E-state index contributed by atoms with van der Waals surface area (Å²) in [7, 11) is 0. The second-order valence-electron chi connectivity index (χ2n) is 9.16. The molecule has 2 amide bonds. The summed E-state index contributed by atoms with van der Waals surface area (Å²) in [4.78, 5) is 28.4. The van der Waals surface area contributed by atoms with Gasteiger partial charge in [0, 0.05) is 25.6 Å². The molecule has 1 saturated carbocycles. The first-order chi connectivity index (χ1) is 15.0. The molecule has 162 valence electrons. The molecule has 1 aliphatic heterocycles. The van der Waals surface area contributed by atoms with Crippen molar-refractivity contribution >= 4 is 11.8 Å². The summed E-state index contributed by atoms with van der Waals surface area (Å²) >= 11 is 0. The lowest BCUT2D eigenvalue weighted by atomic mass is 9.73. The van der Waals surface area contributed by atoms with Crippen LogP contribution in [0.2, 0.25) is 0 Å². The third-order valence-corrected chi connectivity index (χ3v) is 6.83. The van der Waals surface area contributed by atoms with Crippen molar-refractivity contribution < 1.29 is 9.59 Å².